The van der Waals surface area contributed by atoms with Crippen LogP contribution in [0.2, 0.25) is 20.1 Å². The lowest BCUT2D eigenvalue weighted by atomic mass is 10.1. The lowest BCUT2D eigenvalue weighted by molar-refractivity contribution is 0.0685. The van der Waals surface area contributed by atoms with E-state index in [0.29, 0.717) is 32.2 Å². The Bertz CT molecular complexity index is 1910. The minimum atomic E-state index is -1.00. The highest BCUT2D eigenvalue weighted by molar-refractivity contribution is 8.00. The zero-order valence-electron chi connectivity index (χ0n) is 25.0. The first-order valence-electron chi connectivity index (χ1n) is 14.3. The average Bonchev–Trinajstić information content (AvgIpc) is 3.39. The van der Waals surface area contributed by atoms with Gasteiger partial charge in [0, 0.05) is 52.9 Å². The third-order valence-corrected chi connectivity index (χ3v) is 10.9. The van der Waals surface area contributed by atoms with Crippen LogP contribution in [0, 0.1) is 0 Å². The van der Waals surface area contributed by atoms with E-state index >= 15 is 0 Å². The van der Waals surface area contributed by atoms with Crippen LogP contribution in [0.15, 0.2) is 88.7 Å². The third-order valence-electron chi connectivity index (χ3n) is 7.40. The van der Waals surface area contributed by atoms with Gasteiger partial charge in [-0.25, -0.2) is 4.79 Å². The fourth-order valence-corrected chi connectivity index (χ4v) is 7.77. The number of hydrogen-bond acceptors (Lipinski definition) is 4. The second-order valence-electron chi connectivity index (χ2n) is 10.9. The summed E-state index contributed by atoms with van der Waals surface area (Å²) < 4.78 is 1.84. The molecule has 0 aliphatic heterocycles. The van der Waals surface area contributed by atoms with Crippen molar-refractivity contribution in [2.24, 2.45) is 0 Å². The summed E-state index contributed by atoms with van der Waals surface area (Å²) in [5, 5.41) is 13.2. The number of thioether (sulfide) groups is 2. The van der Waals surface area contributed by atoms with Crippen molar-refractivity contribution in [1.82, 2.24) is 9.47 Å². The molecule has 238 valence electrons. The fraction of sp³-hybridized carbons (Fsp3) is 0.200. The third kappa shape index (κ3) is 8.38. The van der Waals surface area contributed by atoms with Crippen LogP contribution in [0.3, 0.4) is 0 Å². The van der Waals surface area contributed by atoms with Crippen LogP contribution < -0.4 is 0 Å². The second kappa shape index (κ2) is 15.4. The van der Waals surface area contributed by atoms with Crippen molar-refractivity contribution in [3.8, 4) is 0 Å². The smallest absolute Gasteiger partial charge is 0.352 e. The van der Waals surface area contributed by atoms with Gasteiger partial charge in [0.1, 0.15) is 5.69 Å². The first kappa shape index (κ1) is 34.6. The number of carboxylic acids is 1. The van der Waals surface area contributed by atoms with Crippen molar-refractivity contribution in [3.63, 3.8) is 0 Å². The van der Waals surface area contributed by atoms with Crippen LogP contribution in [0.25, 0.3) is 10.9 Å². The molecule has 0 saturated heterocycles. The SMILES string of the molecule is CN(C)C(=O)c1ccc(Cn2c(C(=O)O)cc3c(SCCc4ccc(Cl)c(Cl)c4)cc(SCCc4ccc(Cl)c(Cl)c4)cc32)cc1. The molecule has 1 amide bonds. The van der Waals surface area contributed by atoms with E-state index in [9.17, 15) is 14.7 Å². The van der Waals surface area contributed by atoms with Gasteiger partial charge in [-0.15, -0.1) is 23.5 Å². The fourth-order valence-electron chi connectivity index (χ4n) is 5.00. The Labute approximate surface area is 296 Å². The number of fused-ring (bicyclic) bond motifs is 1. The van der Waals surface area contributed by atoms with Crippen molar-refractivity contribution < 1.29 is 14.7 Å². The van der Waals surface area contributed by atoms with Crippen molar-refractivity contribution in [3.05, 3.63) is 127 Å². The van der Waals surface area contributed by atoms with E-state index in [1.807, 2.05) is 47.0 Å². The molecule has 46 heavy (non-hydrogen) atoms. The molecular formula is C35H30Cl4N2O3S2. The van der Waals surface area contributed by atoms with Gasteiger partial charge in [-0.3, -0.25) is 4.79 Å². The molecule has 1 aromatic heterocycles. The Morgan fingerprint density at radius 2 is 1.28 bits per heavy atom. The van der Waals surface area contributed by atoms with E-state index in [0.717, 1.165) is 61.7 Å². The van der Waals surface area contributed by atoms with Gasteiger partial charge in [0.05, 0.1) is 25.6 Å². The molecule has 5 rings (SSSR count). The van der Waals surface area contributed by atoms with Crippen LogP contribution in [0.4, 0.5) is 0 Å². The Balaban J connectivity index is 1.46. The molecule has 5 aromatic rings. The number of carbonyl (C=O) groups excluding carboxylic acids is 1. The summed E-state index contributed by atoms with van der Waals surface area (Å²) >= 11 is 28.1. The monoisotopic (exact) mass is 730 g/mol. The second-order valence-corrected chi connectivity index (χ2v) is 14.8. The van der Waals surface area contributed by atoms with Crippen molar-refractivity contribution in [2.75, 3.05) is 25.6 Å². The molecule has 0 bridgehead atoms. The molecule has 0 radical (unpaired) electrons. The quantitative estimate of drug-likeness (QED) is 0.129. The summed E-state index contributed by atoms with van der Waals surface area (Å²) in [4.78, 5) is 28.5. The molecular weight excluding hydrogens is 702 g/mol. The zero-order chi connectivity index (χ0) is 33.0. The molecule has 0 atom stereocenters. The summed E-state index contributed by atoms with van der Waals surface area (Å²) in [7, 11) is 3.42. The predicted octanol–water partition coefficient (Wildman–Crippen LogP) is 10.4. The lowest BCUT2D eigenvalue weighted by Gasteiger charge is -2.13. The highest BCUT2D eigenvalue weighted by Crippen LogP contribution is 2.37. The Kier molecular flexibility index (Phi) is 11.6. The zero-order valence-corrected chi connectivity index (χ0v) is 29.7. The maximum atomic E-state index is 12.5. The number of nitrogens with zero attached hydrogens (tertiary/aromatic N) is 2. The molecule has 0 aliphatic rings. The number of amides is 1. The van der Waals surface area contributed by atoms with Crippen LogP contribution in [-0.4, -0.2) is 52.1 Å². The molecule has 4 aromatic carbocycles. The molecule has 1 N–H and O–H groups in total. The van der Waals surface area contributed by atoms with E-state index in [1.165, 1.54) is 4.90 Å². The van der Waals surface area contributed by atoms with Gasteiger partial charge in [0.2, 0.25) is 0 Å². The number of halogens is 4. The lowest BCUT2D eigenvalue weighted by Crippen LogP contribution is -2.21. The number of carboxylic acid groups (broad SMARTS) is 1. The van der Waals surface area contributed by atoms with Gasteiger partial charge in [-0.05, 0) is 84.1 Å². The van der Waals surface area contributed by atoms with E-state index in [2.05, 4.69) is 12.1 Å². The molecule has 0 aliphatic carbocycles. The number of rotatable bonds is 12. The summed E-state index contributed by atoms with van der Waals surface area (Å²) in [6, 6.07) is 24.6. The maximum absolute atomic E-state index is 12.5. The van der Waals surface area contributed by atoms with Gasteiger partial charge in [0.25, 0.3) is 5.91 Å². The summed E-state index contributed by atoms with van der Waals surface area (Å²) in [5.41, 5.74) is 4.67. The van der Waals surface area contributed by atoms with Gasteiger partial charge in [-0.1, -0.05) is 70.7 Å². The standard InChI is InChI=1S/C35H30Cl4N2O3S2/c1-40(2)34(42)24-7-3-23(4-8-24)20-41-31-17-25(45-13-11-21-5-9-27(36)29(38)15-21)18-33(26(31)19-32(41)35(43)44)46-14-12-22-6-10-28(37)30(39)16-22/h3-10,15-19H,11-14,20H2,1-2H3,(H,43,44). The number of aryl methyl sites for hydroxylation is 2. The number of aromatic nitrogens is 1. The van der Waals surface area contributed by atoms with E-state index in [4.69, 9.17) is 46.4 Å². The number of carbonyl (C=O) groups is 2. The predicted molar refractivity (Wildman–Crippen MR) is 194 cm³/mol. The molecule has 11 heteroatoms. The van der Waals surface area contributed by atoms with Crippen LogP contribution in [0.5, 0.6) is 0 Å². The van der Waals surface area contributed by atoms with E-state index < -0.39 is 5.97 Å². The van der Waals surface area contributed by atoms with Gasteiger partial charge in [0.15, 0.2) is 0 Å². The highest BCUT2D eigenvalue weighted by Gasteiger charge is 2.19. The normalized spacial score (nSPS) is 11.3. The molecule has 0 fully saturated rings. The van der Waals surface area contributed by atoms with Crippen LogP contribution >= 0.6 is 69.9 Å². The first-order valence-corrected chi connectivity index (χ1v) is 17.8. The van der Waals surface area contributed by atoms with Gasteiger partial charge >= 0.3 is 5.97 Å². The highest BCUT2D eigenvalue weighted by atomic mass is 35.5. The summed E-state index contributed by atoms with van der Waals surface area (Å²) in [6.45, 7) is 0.340. The Morgan fingerprint density at radius 3 is 1.83 bits per heavy atom. The topological polar surface area (TPSA) is 62.5 Å². The summed E-state index contributed by atoms with van der Waals surface area (Å²) in [5.74, 6) is 0.467. The largest absolute Gasteiger partial charge is 0.477 e. The number of aromatic carboxylic acids is 1. The molecule has 5 nitrogen and oxygen atoms in total. The first-order chi connectivity index (χ1) is 22.0. The van der Waals surface area contributed by atoms with Crippen molar-refractivity contribution in [2.45, 2.75) is 29.2 Å². The summed E-state index contributed by atoms with van der Waals surface area (Å²) in [6.07, 6.45) is 1.56. The number of hydrogen-bond donors (Lipinski definition) is 1. The van der Waals surface area contributed by atoms with Crippen molar-refractivity contribution >= 4 is 92.7 Å². The van der Waals surface area contributed by atoms with Gasteiger partial charge in [-0.2, -0.15) is 0 Å². The number of benzene rings is 4. The van der Waals surface area contributed by atoms with Gasteiger partial charge < -0.3 is 14.6 Å². The average molecular weight is 733 g/mol. The molecule has 0 unspecified atom stereocenters. The minimum absolute atomic E-state index is 0.0886. The van der Waals surface area contributed by atoms with E-state index in [-0.39, 0.29) is 11.6 Å². The molecule has 0 saturated carbocycles. The van der Waals surface area contributed by atoms with Crippen LogP contribution in [-0.2, 0) is 19.4 Å². The Hall–Kier alpha value is -2.78. The van der Waals surface area contributed by atoms with E-state index in [1.54, 1.807) is 61.9 Å². The van der Waals surface area contributed by atoms with Crippen molar-refractivity contribution in [1.29, 1.82) is 0 Å². The molecule has 1 heterocycles. The maximum Gasteiger partial charge on any atom is 0.352 e. The van der Waals surface area contributed by atoms with Crippen LogP contribution in [0.1, 0.15) is 37.5 Å². The minimum Gasteiger partial charge on any atom is -0.477 e. The Morgan fingerprint density at radius 1 is 0.717 bits per heavy atom. The molecule has 0 spiro atoms.